The summed E-state index contributed by atoms with van der Waals surface area (Å²) < 4.78 is 5.11. The van der Waals surface area contributed by atoms with Gasteiger partial charge >= 0.3 is 5.97 Å². The molecule has 1 aromatic carbocycles. The quantitative estimate of drug-likeness (QED) is 0.589. The monoisotopic (exact) mass is 294 g/mol. The molecule has 0 saturated carbocycles. The van der Waals surface area contributed by atoms with Crippen LogP contribution in [0.1, 0.15) is 27.6 Å². The number of ketones is 2. The number of hydrogen-bond donors (Lipinski definition) is 0. The summed E-state index contributed by atoms with van der Waals surface area (Å²) in [5.74, 6) is -1.08. The van der Waals surface area contributed by atoms with E-state index in [1.165, 1.54) is 25.1 Å². The molecule has 1 aromatic rings. The van der Waals surface area contributed by atoms with E-state index in [1.54, 1.807) is 6.07 Å². The zero-order chi connectivity index (χ0) is 12.6. The van der Waals surface area contributed by atoms with Gasteiger partial charge in [-0.25, -0.2) is 0 Å². The van der Waals surface area contributed by atoms with E-state index in [-0.39, 0.29) is 32.9 Å². The number of fused-ring (bicyclic) bond motifs is 1. The standard InChI is InChI=1S/C12H7BrO4/c1-6(14)17-10-4-2-3-7-11(10)9(15)5-8(13)12(7)16/h2-5H,1H3. The lowest BCUT2D eigenvalue weighted by atomic mass is 9.94. The van der Waals surface area contributed by atoms with Crippen molar-refractivity contribution in [2.75, 3.05) is 0 Å². The zero-order valence-electron chi connectivity index (χ0n) is 8.82. The lowest BCUT2D eigenvalue weighted by Crippen LogP contribution is -2.17. The number of allylic oxidation sites excluding steroid dienone is 2. The number of hydrogen-bond acceptors (Lipinski definition) is 4. The number of ether oxygens (including phenoxy) is 1. The molecule has 1 aliphatic carbocycles. The number of halogens is 1. The molecular formula is C12H7BrO4. The molecular weight excluding hydrogens is 288 g/mol. The second-order valence-electron chi connectivity index (χ2n) is 3.46. The van der Waals surface area contributed by atoms with Crippen molar-refractivity contribution in [2.24, 2.45) is 0 Å². The molecule has 0 fully saturated rings. The van der Waals surface area contributed by atoms with Gasteiger partial charge in [0.1, 0.15) is 5.75 Å². The summed E-state index contributed by atoms with van der Waals surface area (Å²) in [4.78, 5) is 34.5. The molecule has 0 N–H and O–H groups in total. The van der Waals surface area contributed by atoms with Crippen LogP contribution in [0.3, 0.4) is 0 Å². The molecule has 4 nitrogen and oxygen atoms in total. The Kier molecular flexibility index (Phi) is 2.93. The van der Waals surface area contributed by atoms with E-state index in [9.17, 15) is 14.4 Å². The van der Waals surface area contributed by atoms with Crippen LogP contribution in [0.4, 0.5) is 0 Å². The van der Waals surface area contributed by atoms with Gasteiger partial charge in [-0.3, -0.25) is 14.4 Å². The molecule has 0 heterocycles. The first-order valence-corrected chi connectivity index (χ1v) is 5.57. The third-order valence-electron chi connectivity index (χ3n) is 2.25. The molecule has 17 heavy (non-hydrogen) atoms. The molecule has 0 spiro atoms. The van der Waals surface area contributed by atoms with E-state index < -0.39 is 5.97 Å². The number of rotatable bonds is 1. The summed E-state index contributed by atoms with van der Waals surface area (Å²) >= 11 is 3.02. The van der Waals surface area contributed by atoms with Crippen LogP contribution in [0.2, 0.25) is 0 Å². The maximum atomic E-state index is 11.8. The predicted molar refractivity (Wildman–Crippen MR) is 63.4 cm³/mol. The van der Waals surface area contributed by atoms with Crippen molar-refractivity contribution in [3.8, 4) is 5.75 Å². The van der Waals surface area contributed by atoms with Crippen LogP contribution in [0.25, 0.3) is 0 Å². The van der Waals surface area contributed by atoms with Crippen LogP contribution >= 0.6 is 15.9 Å². The normalized spacial score (nSPS) is 14.1. The van der Waals surface area contributed by atoms with Crippen molar-refractivity contribution in [1.82, 2.24) is 0 Å². The molecule has 0 aliphatic heterocycles. The Hall–Kier alpha value is -1.75. The van der Waals surface area contributed by atoms with Crippen molar-refractivity contribution >= 4 is 33.5 Å². The van der Waals surface area contributed by atoms with Crippen molar-refractivity contribution in [1.29, 1.82) is 0 Å². The molecule has 0 saturated heterocycles. The van der Waals surface area contributed by atoms with Gasteiger partial charge in [0.15, 0.2) is 5.78 Å². The van der Waals surface area contributed by atoms with Crippen molar-refractivity contribution < 1.29 is 19.1 Å². The summed E-state index contributed by atoms with van der Waals surface area (Å²) in [5.41, 5.74) is 0.374. The minimum absolute atomic E-state index is 0.115. The lowest BCUT2D eigenvalue weighted by Gasteiger charge is -2.14. The second kappa shape index (κ2) is 4.25. The minimum Gasteiger partial charge on any atom is -0.426 e. The number of esters is 1. The van der Waals surface area contributed by atoms with E-state index in [0.29, 0.717) is 0 Å². The first kappa shape index (κ1) is 11.7. The summed E-state index contributed by atoms with van der Waals surface area (Å²) in [6.45, 7) is 1.24. The summed E-state index contributed by atoms with van der Waals surface area (Å²) in [7, 11) is 0. The Bertz CT molecular complexity index is 572. The number of benzene rings is 1. The summed E-state index contributed by atoms with van der Waals surface area (Å²) in [6, 6.07) is 4.57. The SMILES string of the molecule is CC(=O)Oc1cccc2c1C(=O)C=C(Br)C2=O. The van der Waals surface area contributed by atoms with Gasteiger partial charge < -0.3 is 4.74 Å². The first-order valence-electron chi connectivity index (χ1n) is 4.78. The van der Waals surface area contributed by atoms with Crippen LogP contribution < -0.4 is 4.74 Å². The highest BCUT2D eigenvalue weighted by Crippen LogP contribution is 2.31. The van der Waals surface area contributed by atoms with Crippen LogP contribution in [0.5, 0.6) is 5.75 Å². The molecule has 0 amide bonds. The number of carbonyl (C=O) groups is 3. The van der Waals surface area contributed by atoms with Crippen molar-refractivity contribution in [2.45, 2.75) is 6.92 Å². The molecule has 0 unspecified atom stereocenters. The third-order valence-corrected chi connectivity index (χ3v) is 2.83. The van der Waals surface area contributed by atoms with E-state index in [4.69, 9.17) is 4.74 Å². The fraction of sp³-hybridized carbons (Fsp3) is 0.0833. The fourth-order valence-corrected chi connectivity index (χ4v) is 2.02. The Morgan fingerprint density at radius 1 is 1.29 bits per heavy atom. The lowest BCUT2D eigenvalue weighted by molar-refractivity contribution is -0.131. The van der Waals surface area contributed by atoms with Crippen LogP contribution in [-0.4, -0.2) is 17.5 Å². The van der Waals surface area contributed by atoms with Gasteiger partial charge in [-0.05, 0) is 28.1 Å². The predicted octanol–water partition coefficient (Wildman–Crippen LogP) is 2.27. The fourth-order valence-electron chi connectivity index (χ4n) is 1.60. The van der Waals surface area contributed by atoms with E-state index in [0.717, 1.165) is 0 Å². The van der Waals surface area contributed by atoms with Crippen LogP contribution in [-0.2, 0) is 4.79 Å². The smallest absolute Gasteiger partial charge is 0.308 e. The Balaban J connectivity index is 2.61. The second-order valence-corrected chi connectivity index (χ2v) is 4.31. The van der Waals surface area contributed by atoms with Crippen molar-refractivity contribution in [3.05, 3.63) is 39.9 Å². The van der Waals surface area contributed by atoms with Gasteiger partial charge in [0.2, 0.25) is 5.78 Å². The molecule has 0 atom stereocenters. The van der Waals surface area contributed by atoms with Gasteiger partial charge in [-0.1, -0.05) is 6.07 Å². The number of Topliss-reactive ketones (excluding diaryl/α,β-unsaturated/α-hetero) is 1. The molecule has 1 aliphatic rings. The molecule has 0 aromatic heterocycles. The third kappa shape index (κ3) is 2.06. The molecule has 0 radical (unpaired) electrons. The largest absolute Gasteiger partial charge is 0.426 e. The Morgan fingerprint density at radius 3 is 2.65 bits per heavy atom. The van der Waals surface area contributed by atoms with Gasteiger partial charge in [0.05, 0.1) is 10.0 Å². The highest BCUT2D eigenvalue weighted by molar-refractivity contribution is 9.12. The molecule has 0 bridgehead atoms. The van der Waals surface area contributed by atoms with Gasteiger partial charge in [-0.2, -0.15) is 0 Å². The van der Waals surface area contributed by atoms with Gasteiger partial charge in [-0.15, -0.1) is 0 Å². The summed E-state index contributed by atoms with van der Waals surface area (Å²) in [6.07, 6.45) is 1.18. The highest BCUT2D eigenvalue weighted by atomic mass is 79.9. The maximum absolute atomic E-state index is 11.8. The molecule has 5 heteroatoms. The average molecular weight is 295 g/mol. The van der Waals surface area contributed by atoms with Gasteiger partial charge in [0, 0.05) is 18.6 Å². The first-order chi connectivity index (χ1) is 8.00. The zero-order valence-corrected chi connectivity index (χ0v) is 10.4. The van der Waals surface area contributed by atoms with E-state index in [2.05, 4.69) is 15.9 Å². The Labute approximate surface area is 105 Å². The van der Waals surface area contributed by atoms with Crippen LogP contribution in [0.15, 0.2) is 28.8 Å². The number of carbonyl (C=O) groups excluding carboxylic acids is 3. The van der Waals surface area contributed by atoms with Crippen molar-refractivity contribution in [3.63, 3.8) is 0 Å². The van der Waals surface area contributed by atoms with E-state index in [1.807, 2.05) is 0 Å². The summed E-state index contributed by atoms with van der Waals surface area (Å²) in [5, 5.41) is 0. The molecule has 86 valence electrons. The van der Waals surface area contributed by atoms with Crippen LogP contribution in [0, 0.1) is 0 Å². The highest BCUT2D eigenvalue weighted by Gasteiger charge is 2.27. The Morgan fingerprint density at radius 2 is 2.00 bits per heavy atom. The topological polar surface area (TPSA) is 60.4 Å². The van der Waals surface area contributed by atoms with E-state index >= 15 is 0 Å². The van der Waals surface area contributed by atoms with Gasteiger partial charge in [0.25, 0.3) is 0 Å². The maximum Gasteiger partial charge on any atom is 0.308 e. The molecule has 2 rings (SSSR count). The minimum atomic E-state index is -0.535. The average Bonchev–Trinajstić information content (AvgIpc) is 2.25.